The molecule has 19 heavy (non-hydrogen) atoms. The summed E-state index contributed by atoms with van der Waals surface area (Å²) in [7, 11) is 3.25. The van der Waals surface area contributed by atoms with Crippen molar-refractivity contribution in [2.24, 2.45) is 5.73 Å². The molecule has 0 fully saturated rings. The van der Waals surface area contributed by atoms with Gasteiger partial charge in [0, 0.05) is 11.8 Å². The second-order valence-electron chi connectivity index (χ2n) is 4.15. The van der Waals surface area contributed by atoms with E-state index in [1.807, 2.05) is 31.2 Å². The van der Waals surface area contributed by atoms with Gasteiger partial charge in [-0.2, -0.15) is 0 Å². The van der Waals surface area contributed by atoms with E-state index in [0.717, 1.165) is 22.8 Å². The van der Waals surface area contributed by atoms with Crippen LogP contribution in [0.5, 0.6) is 11.5 Å². The van der Waals surface area contributed by atoms with E-state index in [-0.39, 0.29) is 6.04 Å². The quantitative estimate of drug-likeness (QED) is 0.911. The summed E-state index contributed by atoms with van der Waals surface area (Å²) < 4.78 is 10.6. The summed E-state index contributed by atoms with van der Waals surface area (Å²) in [4.78, 5) is 8.61. The molecule has 0 spiro atoms. The lowest BCUT2D eigenvalue weighted by Crippen LogP contribution is -2.10. The maximum Gasteiger partial charge on any atom is 0.145 e. The van der Waals surface area contributed by atoms with E-state index >= 15 is 0 Å². The van der Waals surface area contributed by atoms with Crippen LogP contribution in [0.3, 0.4) is 0 Å². The number of hydrogen-bond acceptors (Lipinski definition) is 5. The van der Waals surface area contributed by atoms with Crippen LogP contribution >= 0.6 is 0 Å². The van der Waals surface area contributed by atoms with Crippen molar-refractivity contribution in [3.8, 4) is 22.8 Å². The standard InChI is InChI=1S/C14H17N3O2/c1-9(15)14-16-7-6-12(17-14)11-8-10(18-2)4-5-13(11)19-3/h4-9H,15H2,1-3H3. The fourth-order valence-corrected chi connectivity index (χ4v) is 1.76. The van der Waals surface area contributed by atoms with E-state index in [2.05, 4.69) is 9.97 Å². The average Bonchev–Trinajstić information content (AvgIpc) is 2.46. The Kier molecular flexibility index (Phi) is 3.97. The summed E-state index contributed by atoms with van der Waals surface area (Å²) in [6.45, 7) is 1.85. The highest BCUT2D eigenvalue weighted by Gasteiger charge is 2.11. The minimum atomic E-state index is -0.212. The molecule has 0 amide bonds. The number of nitrogens with zero attached hydrogens (tertiary/aromatic N) is 2. The third kappa shape index (κ3) is 2.82. The Labute approximate surface area is 112 Å². The first kappa shape index (κ1) is 13.3. The molecule has 2 aromatic rings. The van der Waals surface area contributed by atoms with Gasteiger partial charge in [0.1, 0.15) is 17.3 Å². The topological polar surface area (TPSA) is 70.3 Å². The molecular formula is C14H17N3O2. The molecule has 0 aliphatic rings. The molecule has 0 aliphatic heterocycles. The van der Waals surface area contributed by atoms with E-state index in [1.165, 1.54) is 0 Å². The third-order valence-corrected chi connectivity index (χ3v) is 2.76. The summed E-state index contributed by atoms with van der Waals surface area (Å²) in [6.07, 6.45) is 1.69. The lowest BCUT2D eigenvalue weighted by molar-refractivity contribution is 0.404. The first-order valence-electron chi connectivity index (χ1n) is 5.96. The number of aromatic nitrogens is 2. The molecule has 1 atom stereocenters. The molecule has 1 aromatic carbocycles. The highest BCUT2D eigenvalue weighted by molar-refractivity contribution is 5.68. The smallest absolute Gasteiger partial charge is 0.145 e. The van der Waals surface area contributed by atoms with E-state index in [1.54, 1.807) is 20.4 Å². The summed E-state index contributed by atoms with van der Waals surface area (Å²) >= 11 is 0. The summed E-state index contributed by atoms with van der Waals surface area (Å²) in [5, 5.41) is 0. The van der Waals surface area contributed by atoms with E-state index in [9.17, 15) is 0 Å². The van der Waals surface area contributed by atoms with Gasteiger partial charge in [-0.05, 0) is 31.2 Å². The van der Waals surface area contributed by atoms with Crippen LogP contribution < -0.4 is 15.2 Å². The molecule has 2 rings (SSSR count). The number of hydrogen-bond donors (Lipinski definition) is 1. The lowest BCUT2D eigenvalue weighted by Gasteiger charge is -2.11. The molecule has 0 aliphatic carbocycles. The van der Waals surface area contributed by atoms with Gasteiger partial charge in [-0.3, -0.25) is 0 Å². The SMILES string of the molecule is COc1ccc(OC)c(-c2ccnc(C(C)N)n2)c1. The number of methoxy groups -OCH3 is 2. The molecule has 0 bridgehead atoms. The molecule has 5 nitrogen and oxygen atoms in total. The molecule has 0 saturated carbocycles. The van der Waals surface area contributed by atoms with Gasteiger partial charge in [0.15, 0.2) is 0 Å². The molecule has 0 saturated heterocycles. The molecule has 1 heterocycles. The fraction of sp³-hybridized carbons (Fsp3) is 0.286. The van der Waals surface area contributed by atoms with Crippen molar-refractivity contribution in [1.29, 1.82) is 0 Å². The van der Waals surface area contributed by atoms with Crippen molar-refractivity contribution in [2.75, 3.05) is 14.2 Å². The van der Waals surface area contributed by atoms with E-state index in [0.29, 0.717) is 5.82 Å². The summed E-state index contributed by atoms with van der Waals surface area (Å²) in [5.74, 6) is 2.08. The van der Waals surface area contributed by atoms with Crippen molar-refractivity contribution in [2.45, 2.75) is 13.0 Å². The van der Waals surface area contributed by atoms with Crippen LogP contribution in [0.4, 0.5) is 0 Å². The minimum absolute atomic E-state index is 0.212. The first-order chi connectivity index (χ1) is 9.15. The summed E-state index contributed by atoms with van der Waals surface area (Å²) in [6, 6.07) is 7.18. The number of rotatable bonds is 4. The van der Waals surface area contributed by atoms with Crippen molar-refractivity contribution >= 4 is 0 Å². The highest BCUT2D eigenvalue weighted by atomic mass is 16.5. The molecule has 5 heteroatoms. The van der Waals surface area contributed by atoms with E-state index in [4.69, 9.17) is 15.2 Å². The Hall–Kier alpha value is -2.14. The van der Waals surface area contributed by atoms with Crippen LogP contribution in [0, 0.1) is 0 Å². The van der Waals surface area contributed by atoms with Crippen LogP contribution in [0.2, 0.25) is 0 Å². The molecule has 100 valence electrons. The Bertz CT molecular complexity index is 570. The molecular weight excluding hydrogens is 242 g/mol. The van der Waals surface area contributed by atoms with Gasteiger partial charge in [0.2, 0.25) is 0 Å². The highest BCUT2D eigenvalue weighted by Crippen LogP contribution is 2.32. The maximum absolute atomic E-state index is 5.81. The van der Waals surface area contributed by atoms with Gasteiger partial charge < -0.3 is 15.2 Å². The predicted molar refractivity (Wildman–Crippen MR) is 73.2 cm³/mol. The number of nitrogens with two attached hydrogens (primary N) is 1. The fourth-order valence-electron chi connectivity index (χ4n) is 1.76. The third-order valence-electron chi connectivity index (χ3n) is 2.76. The largest absolute Gasteiger partial charge is 0.497 e. The van der Waals surface area contributed by atoms with Gasteiger partial charge in [-0.15, -0.1) is 0 Å². The molecule has 1 unspecified atom stereocenters. The second-order valence-corrected chi connectivity index (χ2v) is 4.15. The van der Waals surface area contributed by atoms with Crippen LogP contribution in [0.25, 0.3) is 11.3 Å². The van der Waals surface area contributed by atoms with Crippen molar-refractivity contribution in [1.82, 2.24) is 9.97 Å². The van der Waals surface area contributed by atoms with Gasteiger partial charge in [-0.25, -0.2) is 9.97 Å². The summed E-state index contributed by atoms with van der Waals surface area (Å²) in [5.41, 5.74) is 7.42. The van der Waals surface area contributed by atoms with Crippen LogP contribution in [-0.4, -0.2) is 24.2 Å². The lowest BCUT2D eigenvalue weighted by atomic mass is 10.1. The van der Waals surface area contributed by atoms with Gasteiger partial charge in [0.05, 0.1) is 26.0 Å². The molecule has 1 aromatic heterocycles. The Balaban J connectivity index is 2.53. The normalized spacial score (nSPS) is 12.0. The monoisotopic (exact) mass is 259 g/mol. The molecule has 2 N–H and O–H groups in total. The van der Waals surface area contributed by atoms with Crippen molar-refractivity contribution in [3.05, 3.63) is 36.3 Å². The zero-order valence-corrected chi connectivity index (χ0v) is 11.3. The zero-order chi connectivity index (χ0) is 13.8. The minimum Gasteiger partial charge on any atom is -0.497 e. The second kappa shape index (κ2) is 5.67. The Morgan fingerprint density at radius 3 is 2.58 bits per heavy atom. The maximum atomic E-state index is 5.81. The van der Waals surface area contributed by atoms with Crippen LogP contribution in [0.1, 0.15) is 18.8 Å². The first-order valence-corrected chi connectivity index (χ1v) is 5.96. The molecule has 0 radical (unpaired) electrons. The predicted octanol–water partition coefficient (Wildman–Crippen LogP) is 2.18. The van der Waals surface area contributed by atoms with Crippen LogP contribution in [-0.2, 0) is 0 Å². The number of benzene rings is 1. The average molecular weight is 259 g/mol. The zero-order valence-electron chi connectivity index (χ0n) is 11.3. The Morgan fingerprint density at radius 2 is 1.95 bits per heavy atom. The Morgan fingerprint density at radius 1 is 1.16 bits per heavy atom. The van der Waals surface area contributed by atoms with Crippen molar-refractivity contribution < 1.29 is 9.47 Å². The van der Waals surface area contributed by atoms with Gasteiger partial charge in [-0.1, -0.05) is 0 Å². The number of ether oxygens (including phenoxy) is 2. The van der Waals surface area contributed by atoms with E-state index < -0.39 is 0 Å². The van der Waals surface area contributed by atoms with Crippen LogP contribution in [0.15, 0.2) is 30.5 Å². The van der Waals surface area contributed by atoms with Gasteiger partial charge >= 0.3 is 0 Å². The van der Waals surface area contributed by atoms with Crippen molar-refractivity contribution in [3.63, 3.8) is 0 Å². The van der Waals surface area contributed by atoms with Gasteiger partial charge in [0.25, 0.3) is 0 Å².